The van der Waals surface area contributed by atoms with Gasteiger partial charge in [-0.3, -0.25) is 14.4 Å². The summed E-state index contributed by atoms with van der Waals surface area (Å²) in [5.41, 5.74) is 5.32. The van der Waals surface area contributed by atoms with Crippen LogP contribution in [-0.4, -0.2) is 106 Å². The molecule has 16 heteroatoms. The van der Waals surface area contributed by atoms with Crippen LogP contribution in [0.4, 0.5) is 5.69 Å². The van der Waals surface area contributed by atoms with Gasteiger partial charge < -0.3 is 52.3 Å². The van der Waals surface area contributed by atoms with Crippen molar-refractivity contribution in [3.63, 3.8) is 0 Å². The molecule has 1 aromatic rings. The molecule has 4 atom stereocenters. The molecule has 0 aromatic heterocycles. The van der Waals surface area contributed by atoms with Crippen LogP contribution >= 0.6 is 67.8 Å². The number of amides is 3. The molecule has 0 spiro atoms. The van der Waals surface area contributed by atoms with E-state index in [4.69, 9.17) is 15.9 Å². The zero-order chi connectivity index (χ0) is 26.2. The summed E-state index contributed by atoms with van der Waals surface area (Å²) in [6, 6.07) is -2.44. The first-order chi connectivity index (χ1) is 16.0. The Hall–Kier alpha value is -0.460. The average molecular weight is 822 g/mol. The van der Waals surface area contributed by atoms with Gasteiger partial charge in [-0.15, -0.1) is 0 Å². The standard InChI is InChI=1S/C18H25I3N4O9/c19-13-11(17(33)23-6(2-26)8(30)4-28)14(20)16(25-10(32)1-22)15(21)12(13)18(34)24-7(3-27)9(31)5-29/h6-9,26-31H,1-5,22H2,(H,23,33)(H,24,34)(H,25,32). The molecule has 0 aliphatic carbocycles. The van der Waals surface area contributed by atoms with Crippen molar-refractivity contribution in [2.45, 2.75) is 24.3 Å². The van der Waals surface area contributed by atoms with Gasteiger partial charge in [0.25, 0.3) is 11.8 Å². The Balaban J connectivity index is 3.65. The van der Waals surface area contributed by atoms with Crippen molar-refractivity contribution in [3.05, 3.63) is 21.8 Å². The number of rotatable bonds is 12. The molecule has 0 radical (unpaired) electrons. The summed E-state index contributed by atoms with van der Waals surface area (Å²) in [6.45, 7) is -3.22. The van der Waals surface area contributed by atoms with E-state index in [1.54, 1.807) is 67.8 Å². The lowest BCUT2D eigenvalue weighted by Crippen LogP contribution is -2.48. The number of nitrogens with one attached hydrogen (secondary N) is 3. The number of benzene rings is 1. The molecular weight excluding hydrogens is 797 g/mol. The third kappa shape index (κ3) is 7.77. The lowest BCUT2D eigenvalue weighted by atomic mass is 10.1. The summed E-state index contributed by atoms with van der Waals surface area (Å²) in [5, 5.41) is 64.1. The maximum Gasteiger partial charge on any atom is 0.253 e. The molecule has 1 rings (SSSR count). The van der Waals surface area contributed by atoms with Gasteiger partial charge in [0.15, 0.2) is 0 Å². The molecule has 0 saturated carbocycles. The molecule has 0 heterocycles. The lowest BCUT2D eigenvalue weighted by Gasteiger charge is -2.25. The van der Waals surface area contributed by atoms with Gasteiger partial charge in [-0.2, -0.15) is 0 Å². The van der Waals surface area contributed by atoms with Gasteiger partial charge in [0.1, 0.15) is 0 Å². The Bertz CT molecular complexity index is 847. The lowest BCUT2D eigenvalue weighted by molar-refractivity contribution is -0.114. The second-order valence-corrected chi connectivity index (χ2v) is 10.1. The summed E-state index contributed by atoms with van der Waals surface area (Å²) < 4.78 is 0.579. The second-order valence-electron chi connectivity index (χ2n) is 6.84. The minimum atomic E-state index is -1.46. The fourth-order valence-corrected chi connectivity index (χ4v) is 7.04. The first-order valence-electron chi connectivity index (χ1n) is 9.60. The highest BCUT2D eigenvalue weighted by molar-refractivity contribution is 14.1. The maximum absolute atomic E-state index is 13.1. The highest BCUT2D eigenvalue weighted by atomic mass is 127. The number of carbonyl (C=O) groups is 3. The van der Waals surface area contributed by atoms with E-state index in [9.17, 15) is 34.8 Å². The fourth-order valence-electron chi connectivity index (χ4n) is 2.63. The fraction of sp³-hybridized carbons (Fsp3) is 0.500. The zero-order valence-electron chi connectivity index (χ0n) is 17.5. The number of hydrogen-bond acceptors (Lipinski definition) is 10. The van der Waals surface area contributed by atoms with Crippen LogP contribution in [0.2, 0.25) is 0 Å². The Labute approximate surface area is 235 Å². The molecule has 3 amide bonds. The van der Waals surface area contributed by atoms with Crippen LogP contribution in [0.1, 0.15) is 20.7 Å². The molecule has 0 fully saturated rings. The predicted octanol–water partition coefficient (Wildman–Crippen LogP) is -2.71. The van der Waals surface area contributed by atoms with E-state index >= 15 is 0 Å². The van der Waals surface area contributed by atoms with E-state index < -0.39 is 68.4 Å². The Morgan fingerprint density at radius 1 is 0.735 bits per heavy atom. The van der Waals surface area contributed by atoms with Crippen molar-refractivity contribution in [2.75, 3.05) is 38.3 Å². The minimum absolute atomic E-state index is 0.0778. The van der Waals surface area contributed by atoms with Crippen LogP contribution in [0.25, 0.3) is 0 Å². The van der Waals surface area contributed by atoms with E-state index in [1.165, 1.54) is 0 Å². The summed E-state index contributed by atoms with van der Waals surface area (Å²) in [5.74, 6) is -2.24. The summed E-state index contributed by atoms with van der Waals surface area (Å²) in [6.07, 6.45) is -2.92. The van der Waals surface area contributed by atoms with Gasteiger partial charge in [-0.05, 0) is 67.8 Å². The minimum Gasteiger partial charge on any atom is -0.394 e. The average Bonchev–Trinajstić information content (AvgIpc) is 2.82. The van der Waals surface area contributed by atoms with Crippen LogP contribution < -0.4 is 21.7 Å². The van der Waals surface area contributed by atoms with Crippen molar-refractivity contribution in [2.24, 2.45) is 5.73 Å². The van der Waals surface area contributed by atoms with E-state index in [1.807, 2.05) is 0 Å². The van der Waals surface area contributed by atoms with Crippen molar-refractivity contribution >= 4 is 91.2 Å². The van der Waals surface area contributed by atoms with Crippen molar-refractivity contribution in [1.82, 2.24) is 10.6 Å². The first-order valence-corrected chi connectivity index (χ1v) is 12.8. The van der Waals surface area contributed by atoms with Gasteiger partial charge in [0.05, 0.1) is 81.2 Å². The van der Waals surface area contributed by atoms with Crippen LogP contribution in [0.5, 0.6) is 0 Å². The van der Waals surface area contributed by atoms with E-state index in [0.717, 1.165) is 0 Å². The number of aliphatic hydroxyl groups is 6. The Morgan fingerprint density at radius 3 is 1.41 bits per heavy atom. The summed E-state index contributed by atoms with van der Waals surface area (Å²) in [4.78, 5) is 38.2. The molecule has 0 bridgehead atoms. The molecule has 34 heavy (non-hydrogen) atoms. The smallest absolute Gasteiger partial charge is 0.253 e. The van der Waals surface area contributed by atoms with Crippen molar-refractivity contribution < 1.29 is 45.0 Å². The summed E-state index contributed by atoms with van der Waals surface area (Å²) in [7, 11) is 0. The Morgan fingerprint density at radius 2 is 1.12 bits per heavy atom. The van der Waals surface area contributed by atoms with Gasteiger partial charge in [0, 0.05) is 3.57 Å². The van der Waals surface area contributed by atoms with Crippen LogP contribution in [0.3, 0.4) is 0 Å². The first kappa shape index (κ1) is 31.6. The van der Waals surface area contributed by atoms with Gasteiger partial charge in [-0.25, -0.2) is 0 Å². The molecule has 0 aliphatic heterocycles. The molecule has 0 saturated heterocycles. The van der Waals surface area contributed by atoms with Crippen LogP contribution in [0, 0.1) is 10.7 Å². The Kier molecular flexibility index (Phi) is 13.9. The van der Waals surface area contributed by atoms with Crippen molar-refractivity contribution in [1.29, 1.82) is 0 Å². The number of hydrogen-bond donors (Lipinski definition) is 10. The molecule has 0 aliphatic rings. The molecule has 11 N–H and O–H groups in total. The largest absolute Gasteiger partial charge is 0.394 e. The topological polar surface area (TPSA) is 235 Å². The van der Waals surface area contributed by atoms with E-state index in [0.29, 0.717) is 0 Å². The normalized spacial score (nSPS) is 14.6. The zero-order valence-corrected chi connectivity index (χ0v) is 23.9. The van der Waals surface area contributed by atoms with Gasteiger partial charge in [-0.1, -0.05) is 0 Å². The van der Waals surface area contributed by atoms with E-state index in [2.05, 4.69) is 16.0 Å². The van der Waals surface area contributed by atoms with Crippen molar-refractivity contribution in [3.8, 4) is 0 Å². The third-order valence-electron chi connectivity index (χ3n) is 4.55. The summed E-state index contributed by atoms with van der Waals surface area (Å²) >= 11 is 5.31. The highest BCUT2D eigenvalue weighted by Gasteiger charge is 2.31. The van der Waals surface area contributed by atoms with Gasteiger partial charge >= 0.3 is 0 Å². The van der Waals surface area contributed by atoms with E-state index in [-0.39, 0.29) is 34.1 Å². The number of carbonyl (C=O) groups excluding carboxylic acids is 3. The molecule has 1 aromatic carbocycles. The SMILES string of the molecule is NCC(=O)Nc1c(I)c(C(=O)NC(CO)C(O)CO)c(I)c(C(=O)NC(CO)C(O)CO)c1I. The predicted molar refractivity (Wildman–Crippen MR) is 145 cm³/mol. The van der Waals surface area contributed by atoms with Gasteiger partial charge in [0.2, 0.25) is 5.91 Å². The second kappa shape index (κ2) is 14.9. The third-order valence-corrected chi connectivity index (χ3v) is 7.79. The van der Waals surface area contributed by atoms with Crippen LogP contribution in [-0.2, 0) is 4.79 Å². The number of aliphatic hydroxyl groups excluding tert-OH is 6. The molecule has 192 valence electrons. The highest BCUT2D eigenvalue weighted by Crippen LogP contribution is 2.36. The molecular formula is C18H25I3N4O9. The number of nitrogens with two attached hydrogens (primary N) is 1. The quantitative estimate of drug-likeness (QED) is 0.0980. The monoisotopic (exact) mass is 822 g/mol. The molecule has 13 nitrogen and oxygen atoms in total. The van der Waals surface area contributed by atoms with Crippen LogP contribution in [0.15, 0.2) is 0 Å². The molecule has 4 unspecified atom stereocenters. The number of halogens is 3. The number of anilines is 1. The maximum atomic E-state index is 13.1.